The summed E-state index contributed by atoms with van der Waals surface area (Å²) < 4.78 is 52.3. The van der Waals surface area contributed by atoms with Gasteiger partial charge in [-0.3, -0.25) is 20.2 Å². The second kappa shape index (κ2) is 10.2. The molecule has 14 heteroatoms. The molecule has 2 aliphatic heterocycles. The molecule has 1 aromatic heterocycles. The Morgan fingerprint density at radius 2 is 1.81 bits per heavy atom. The average Bonchev–Trinajstić information content (AvgIpc) is 3.34. The summed E-state index contributed by atoms with van der Waals surface area (Å²) in [5.41, 5.74) is -0.148. The number of piperidine rings is 1. The first-order valence-corrected chi connectivity index (χ1v) is 12.9. The zero-order valence-electron chi connectivity index (χ0n) is 18.8. The van der Waals surface area contributed by atoms with E-state index in [2.05, 4.69) is 4.74 Å². The van der Waals surface area contributed by atoms with Crippen LogP contribution in [-0.2, 0) is 24.3 Å². The maximum Gasteiger partial charge on any atom is 0.349 e. The van der Waals surface area contributed by atoms with E-state index >= 15 is 0 Å². The van der Waals surface area contributed by atoms with Crippen molar-refractivity contribution < 1.29 is 41.5 Å². The Bertz CT molecular complexity index is 1360. The minimum Gasteiger partial charge on any atom is -0.487 e. The van der Waals surface area contributed by atoms with Crippen LogP contribution in [0.3, 0.4) is 0 Å². The molecule has 0 spiro atoms. The molecule has 2 fully saturated rings. The van der Waals surface area contributed by atoms with E-state index in [1.165, 1.54) is 35.0 Å². The van der Waals surface area contributed by atoms with Crippen LogP contribution in [0.25, 0.3) is 6.08 Å². The van der Waals surface area contributed by atoms with Crippen LogP contribution < -0.4 is 15.4 Å². The minimum atomic E-state index is -3.92. The fourth-order valence-electron chi connectivity index (χ4n) is 3.73. The maximum atomic E-state index is 14.7. The Kier molecular flexibility index (Phi) is 7.19. The van der Waals surface area contributed by atoms with Crippen molar-refractivity contribution in [1.82, 2.24) is 14.9 Å². The van der Waals surface area contributed by atoms with Crippen LogP contribution in [0.15, 0.2) is 40.1 Å². The molecule has 4 rings (SSSR count). The molecule has 1 aromatic carbocycles. The second-order valence-electron chi connectivity index (χ2n) is 7.81. The van der Waals surface area contributed by atoms with Gasteiger partial charge in [-0.2, -0.15) is 4.31 Å². The SMILES string of the molecule is COC(=O)c1sccc1S(=O)(=O)N1CCC(Oc2ccc(C=C3C(=O)NC(=O)NC3=O)cc2F)CC1. The lowest BCUT2D eigenvalue weighted by atomic mass is 10.1. The predicted octanol–water partition coefficient (Wildman–Crippen LogP) is 1.66. The number of esters is 1. The molecule has 2 saturated heterocycles. The first-order chi connectivity index (χ1) is 17.1. The lowest BCUT2D eigenvalue weighted by molar-refractivity contribution is -0.123. The summed E-state index contributed by atoms with van der Waals surface area (Å²) >= 11 is 0.979. The lowest BCUT2D eigenvalue weighted by Gasteiger charge is -2.31. The van der Waals surface area contributed by atoms with E-state index in [-0.39, 0.29) is 52.6 Å². The molecule has 11 nitrogen and oxygen atoms in total. The highest BCUT2D eigenvalue weighted by molar-refractivity contribution is 7.89. The number of barbiturate groups is 1. The number of hydrogen-bond donors (Lipinski definition) is 2. The topological polar surface area (TPSA) is 148 Å². The molecule has 2 N–H and O–H groups in total. The van der Waals surface area contributed by atoms with Gasteiger partial charge < -0.3 is 9.47 Å². The molecule has 3 heterocycles. The zero-order chi connectivity index (χ0) is 26.0. The van der Waals surface area contributed by atoms with Gasteiger partial charge in [-0.1, -0.05) is 6.07 Å². The van der Waals surface area contributed by atoms with E-state index in [9.17, 15) is 32.0 Å². The number of methoxy groups -OCH3 is 1. The van der Waals surface area contributed by atoms with Gasteiger partial charge in [0.25, 0.3) is 11.8 Å². The zero-order valence-corrected chi connectivity index (χ0v) is 20.4. The summed E-state index contributed by atoms with van der Waals surface area (Å²) in [4.78, 5) is 46.6. The average molecular weight is 538 g/mol. The van der Waals surface area contributed by atoms with Gasteiger partial charge in [0.15, 0.2) is 11.6 Å². The van der Waals surface area contributed by atoms with E-state index < -0.39 is 45.8 Å². The highest BCUT2D eigenvalue weighted by atomic mass is 32.2. The standard InChI is InChI=1S/C22H20FN3O8S2/c1-33-21(29)18-17(6-9-35-18)36(31,32)26-7-4-13(5-8-26)34-16-3-2-12(11-15(16)23)10-14-19(27)24-22(30)25-20(14)28/h2-3,6,9-11,13H,4-5,7-8H2,1H3,(H2,24,25,27,28,30). The molecule has 0 aliphatic carbocycles. The van der Waals surface area contributed by atoms with Crippen LogP contribution >= 0.6 is 11.3 Å². The van der Waals surface area contributed by atoms with E-state index in [0.29, 0.717) is 0 Å². The minimum absolute atomic E-state index is 0.00258. The molecule has 0 saturated carbocycles. The summed E-state index contributed by atoms with van der Waals surface area (Å²) in [6, 6.07) is 4.27. The van der Waals surface area contributed by atoms with Crippen molar-refractivity contribution in [2.24, 2.45) is 0 Å². The van der Waals surface area contributed by atoms with Crippen LogP contribution in [0.2, 0.25) is 0 Å². The van der Waals surface area contributed by atoms with E-state index in [1.54, 1.807) is 0 Å². The van der Waals surface area contributed by atoms with Crippen LogP contribution in [0.5, 0.6) is 5.75 Å². The number of imide groups is 2. The van der Waals surface area contributed by atoms with Crippen molar-refractivity contribution in [1.29, 1.82) is 0 Å². The Hall–Kier alpha value is -3.62. The van der Waals surface area contributed by atoms with E-state index in [1.807, 2.05) is 10.6 Å². The van der Waals surface area contributed by atoms with Gasteiger partial charge >= 0.3 is 12.0 Å². The normalized spacial score (nSPS) is 17.4. The quantitative estimate of drug-likeness (QED) is 0.321. The monoisotopic (exact) mass is 537 g/mol. The molecule has 36 heavy (non-hydrogen) atoms. The molecule has 2 aromatic rings. The molecule has 0 unspecified atom stereocenters. The Morgan fingerprint density at radius 3 is 2.42 bits per heavy atom. The number of nitrogens with one attached hydrogen (secondary N) is 2. The van der Waals surface area contributed by atoms with Gasteiger partial charge in [0.2, 0.25) is 10.0 Å². The summed E-state index contributed by atoms with van der Waals surface area (Å²) in [5, 5.41) is 5.36. The highest BCUT2D eigenvalue weighted by Crippen LogP contribution is 2.30. The number of hydrogen-bond acceptors (Lipinski definition) is 9. The van der Waals surface area contributed by atoms with Crippen molar-refractivity contribution >= 4 is 51.3 Å². The number of rotatable bonds is 6. The smallest absolute Gasteiger partial charge is 0.349 e. The summed E-state index contributed by atoms with van der Waals surface area (Å²) in [5.74, 6) is -3.33. The Morgan fingerprint density at radius 1 is 1.14 bits per heavy atom. The number of halogens is 1. The summed E-state index contributed by atoms with van der Waals surface area (Å²) in [7, 11) is -2.74. The van der Waals surface area contributed by atoms with Crippen molar-refractivity contribution in [3.05, 3.63) is 51.5 Å². The third kappa shape index (κ3) is 5.15. The number of amides is 4. The third-order valence-electron chi connectivity index (χ3n) is 5.52. The number of nitrogens with zero attached hydrogens (tertiary/aromatic N) is 1. The van der Waals surface area contributed by atoms with Gasteiger partial charge in [0.05, 0.1) is 7.11 Å². The van der Waals surface area contributed by atoms with Crippen molar-refractivity contribution in [2.75, 3.05) is 20.2 Å². The van der Waals surface area contributed by atoms with Gasteiger partial charge in [-0.25, -0.2) is 22.4 Å². The first kappa shape index (κ1) is 25.5. The number of benzene rings is 1. The van der Waals surface area contributed by atoms with Crippen molar-refractivity contribution in [2.45, 2.75) is 23.8 Å². The number of urea groups is 1. The van der Waals surface area contributed by atoms with Crippen LogP contribution in [-0.4, -0.2) is 62.8 Å². The molecule has 2 aliphatic rings. The van der Waals surface area contributed by atoms with Crippen molar-refractivity contribution in [3.63, 3.8) is 0 Å². The number of carbonyl (C=O) groups is 4. The van der Waals surface area contributed by atoms with E-state index in [0.717, 1.165) is 23.5 Å². The summed E-state index contributed by atoms with van der Waals surface area (Å²) in [6.45, 7) is 0.219. The van der Waals surface area contributed by atoms with E-state index in [4.69, 9.17) is 4.74 Å². The van der Waals surface area contributed by atoms with Crippen molar-refractivity contribution in [3.8, 4) is 5.75 Å². The van der Waals surface area contributed by atoms with Gasteiger partial charge in [0.1, 0.15) is 21.4 Å². The van der Waals surface area contributed by atoms with Gasteiger partial charge in [-0.05, 0) is 48.1 Å². The highest BCUT2D eigenvalue weighted by Gasteiger charge is 2.34. The fourth-order valence-corrected chi connectivity index (χ4v) is 6.50. The van der Waals surface area contributed by atoms with Crippen LogP contribution in [0.1, 0.15) is 28.1 Å². The maximum absolute atomic E-state index is 14.7. The molecule has 0 radical (unpaired) electrons. The fraction of sp³-hybridized carbons (Fsp3) is 0.273. The molecule has 0 bridgehead atoms. The molecule has 0 atom stereocenters. The predicted molar refractivity (Wildman–Crippen MR) is 124 cm³/mol. The molecule has 190 valence electrons. The number of carbonyl (C=O) groups excluding carboxylic acids is 4. The Balaban J connectivity index is 1.40. The lowest BCUT2D eigenvalue weighted by Crippen LogP contribution is -2.51. The van der Waals surface area contributed by atoms with Gasteiger partial charge in [-0.15, -0.1) is 11.3 Å². The second-order valence-corrected chi connectivity index (χ2v) is 10.6. The molecular formula is C22H20FN3O8S2. The first-order valence-electron chi connectivity index (χ1n) is 10.6. The Labute approximate surface area is 208 Å². The van der Waals surface area contributed by atoms with Crippen LogP contribution in [0, 0.1) is 5.82 Å². The molecule has 4 amide bonds. The largest absolute Gasteiger partial charge is 0.487 e. The van der Waals surface area contributed by atoms with Gasteiger partial charge in [0, 0.05) is 13.1 Å². The number of sulfonamides is 1. The number of thiophene rings is 1. The van der Waals surface area contributed by atoms with Crippen LogP contribution in [0.4, 0.5) is 9.18 Å². The summed E-state index contributed by atoms with van der Waals surface area (Å²) in [6.07, 6.45) is 1.26. The molecular weight excluding hydrogens is 517 g/mol. The third-order valence-corrected chi connectivity index (χ3v) is 8.49. The number of ether oxygens (including phenoxy) is 2.